The number of ether oxygens (including phenoxy) is 1. The summed E-state index contributed by atoms with van der Waals surface area (Å²) in [6.07, 6.45) is 0.879. The van der Waals surface area contributed by atoms with Gasteiger partial charge in [0.25, 0.3) is 5.91 Å². The molecule has 136 valence electrons. The van der Waals surface area contributed by atoms with Crippen LogP contribution in [0.2, 0.25) is 0 Å². The minimum Gasteiger partial charge on any atom is -0.435 e. The quantitative estimate of drug-likeness (QED) is 0.833. The lowest BCUT2D eigenvalue weighted by molar-refractivity contribution is -0.0498. The minimum atomic E-state index is -2.87. The number of rotatable bonds is 5. The number of halogens is 3. The summed E-state index contributed by atoms with van der Waals surface area (Å²) in [4.78, 5) is 12.3. The lowest BCUT2D eigenvalue weighted by Crippen LogP contribution is -2.36. The van der Waals surface area contributed by atoms with Gasteiger partial charge in [-0.2, -0.15) is 8.78 Å². The zero-order valence-corrected chi connectivity index (χ0v) is 14.2. The van der Waals surface area contributed by atoms with Crippen LogP contribution in [0, 0.1) is 6.92 Å². The van der Waals surface area contributed by atoms with E-state index in [1.54, 1.807) is 19.1 Å². The van der Waals surface area contributed by atoms with Gasteiger partial charge in [-0.15, -0.1) is 17.5 Å². The van der Waals surface area contributed by atoms with Gasteiger partial charge in [0.05, 0.1) is 11.4 Å². The summed E-state index contributed by atoms with van der Waals surface area (Å²) in [7, 11) is 0. The van der Waals surface area contributed by atoms with E-state index in [1.807, 2.05) is 0 Å². The van der Waals surface area contributed by atoms with Crippen molar-refractivity contribution in [3.63, 3.8) is 0 Å². The highest BCUT2D eigenvalue weighted by atomic mass is 35.5. The zero-order valence-electron chi connectivity index (χ0n) is 13.4. The molecular weight excluding hydrogens is 356 g/mol. The second-order valence-electron chi connectivity index (χ2n) is 5.47. The van der Waals surface area contributed by atoms with Crippen LogP contribution in [0.4, 0.5) is 8.78 Å². The van der Waals surface area contributed by atoms with Crippen LogP contribution in [0.5, 0.6) is 5.75 Å². The molecule has 3 rings (SSSR count). The van der Waals surface area contributed by atoms with Gasteiger partial charge in [-0.05, 0) is 44.2 Å². The smallest absolute Gasteiger partial charge is 0.387 e. The average molecular weight is 374 g/mol. The Hall–Kier alpha value is -2.26. The summed E-state index contributed by atoms with van der Waals surface area (Å²) in [5, 5.41) is 14.0. The Morgan fingerprint density at radius 1 is 1.40 bits per heavy atom. The number of carbonyl (C=O) groups excluding carboxylic acids is 1. The predicted octanol–water partition coefficient (Wildman–Crippen LogP) is 1.69. The van der Waals surface area contributed by atoms with E-state index in [0.29, 0.717) is 11.4 Å². The summed E-state index contributed by atoms with van der Waals surface area (Å²) in [6, 6.07) is 6.05. The molecule has 0 saturated carbocycles. The standard InChI is InChI=1S/C15H17F2N5O2.ClH/c1-9-13(14(23)19-10-6-7-18-8-10)20-21-22(9)11-2-4-12(5-3-11)24-15(16)17;/h2-5,10,15,18H,6-8H2,1H3,(H,19,23);1H. The molecule has 1 fully saturated rings. The topological polar surface area (TPSA) is 81.1 Å². The normalized spacial score (nSPS) is 16.6. The average Bonchev–Trinajstić information content (AvgIpc) is 3.17. The fourth-order valence-corrected chi connectivity index (χ4v) is 2.58. The molecule has 1 amide bonds. The first-order valence-corrected chi connectivity index (χ1v) is 7.53. The number of nitrogens with one attached hydrogen (secondary N) is 2. The van der Waals surface area contributed by atoms with Gasteiger partial charge in [0, 0.05) is 12.6 Å². The summed E-state index contributed by atoms with van der Waals surface area (Å²) in [5.41, 5.74) is 1.42. The molecule has 2 heterocycles. The van der Waals surface area contributed by atoms with Crippen LogP contribution >= 0.6 is 12.4 Å². The third-order valence-corrected chi connectivity index (χ3v) is 3.81. The van der Waals surface area contributed by atoms with Gasteiger partial charge in [0.15, 0.2) is 5.69 Å². The Kier molecular flexibility index (Phi) is 6.27. The monoisotopic (exact) mass is 373 g/mol. The predicted molar refractivity (Wildman–Crippen MR) is 88.7 cm³/mol. The van der Waals surface area contributed by atoms with Crippen LogP contribution < -0.4 is 15.4 Å². The SMILES string of the molecule is Cc1c(C(=O)NC2CCNC2)nnn1-c1ccc(OC(F)F)cc1.Cl. The van der Waals surface area contributed by atoms with Crippen molar-refractivity contribution in [2.45, 2.75) is 26.0 Å². The van der Waals surface area contributed by atoms with Crippen molar-refractivity contribution >= 4 is 18.3 Å². The number of alkyl halides is 2. The highest BCUT2D eigenvalue weighted by Crippen LogP contribution is 2.18. The third kappa shape index (κ3) is 4.43. The molecule has 7 nitrogen and oxygen atoms in total. The van der Waals surface area contributed by atoms with Crippen LogP contribution in [0.3, 0.4) is 0 Å². The molecule has 1 aromatic heterocycles. The number of nitrogens with zero attached hydrogens (tertiary/aromatic N) is 3. The Morgan fingerprint density at radius 2 is 2.12 bits per heavy atom. The van der Waals surface area contributed by atoms with Gasteiger partial charge in [0.1, 0.15) is 5.75 Å². The van der Waals surface area contributed by atoms with Gasteiger partial charge < -0.3 is 15.4 Å². The van der Waals surface area contributed by atoms with Crippen LogP contribution in [0.1, 0.15) is 22.6 Å². The van der Waals surface area contributed by atoms with Crippen molar-refractivity contribution < 1.29 is 18.3 Å². The second-order valence-corrected chi connectivity index (χ2v) is 5.47. The first kappa shape index (κ1) is 19.1. The molecule has 1 saturated heterocycles. The number of benzene rings is 1. The van der Waals surface area contributed by atoms with Crippen LogP contribution in [0.15, 0.2) is 24.3 Å². The Labute approximate surface area is 149 Å². The van der Waals surface area contributed by atoms with Crippen LogP contribution in [-0.4, -0.2) is 46.6 Å². The first-order chi connectivity index (χ1) is 11.5. The zero-order chi connectivity index (χ0) is 17.1. The van der Waals surface area contributed by atoms with E-state index in [9.17, 15) is 13.6 Å². The van der Waals surface area contributed by atoms with Crippen molar-refractivity contribution in [3.05, 3.63) is 35.7 Å². The fourth-order valence-electron chi connectivity index (χ4n) is 2.58. The molecule has 2 aromatic rings. The molecule has 0 aliphatic carbocycles. The Bertz CT molecular complexity index is 717. The number of hydrogen-bond acceptors (Lipinski definition) is 5. The number of carbonyl (C=O) groups is 1. The molecule has 0 radical (unpaired) electrons. The lowest BCUT2D eigenvalue weighted by Gasteiger charge is -2.10. The molecule has 0 bridgehead atoms. The molecule has 1 aliphatic rings. The van der Waals surface area contributed by atoms with E-state index in [0.717, 1.165) is 19.5 Å². The van der Waals surface area contributed by atoms with E-state index in [2.05, 4.69) is 25.7 Å². The molecule has 25 heavy (non-hydrogen) atoms. The van der Waals surface area contributed by atoms with Gasteiger partial charge in [-0.25, -0.2) is 4.68 Å². The van der Waals surface area contributed by atoms with Gasteiger partial charge in [0.2, 0.25) is 0 Å². The van der Waals surface area contributed by atoms with Gasteiger partial charge >= 0.3 is 6.61 Å². The van der Waals surface area contributed by atoms with Crippen molar-refractivity contribution in [1.82, 2.24) is 25.6 Å². The van der Waals surface area contributed by atoms with Crippen molar-refractivity contribution in [3.8, 4) is 11.4 Å². The maximum absolute atomic E-state index is 12.3. The van der Waals surface area contributed by atoms with E-state index < -0.39 is 6.61 Å². The molecule has 1 aromatic carbocycles. The summed E-state index contributed by atoms with van der Waals surface area (Å²) < 4.78 is 30.1. The van der Waals surface area contributed by atoms with Gasteiger partial charge in [-0.1, -0.05) is 5.21 Å². The molecule has 1 unspecified atom stereocenters. The van der Waals surface area contributed by atoms with Crippen LogP contribution in [-0.2, 0) is 0 Å². The molecule has 0 spiro atoms. The largest absolute Gasteiger partial charge is 0.435 e. The Morgan fingerprint density at radius 3 is 2.72 bits per heavy atom. The number of amides is 1. The van der Waals surface area contributed by atoms with E-state index in [1.165, 1.54) is 16.8 Å². The van der Waals surface area contributed by atoms with Crippen molar-refractivity contribution in [2.24, 2.45) is 0 Å². The highest BCUT2D eigenvalue weighted by Gasteiger charge is 2.22. The molecule has 10 heteroatoms. The highest BCUT2D eigenvalue weighted by molar-refractivity contribution is 5.93. The summed E-state index contributed by atoms with van der Waals surface area (Å²) in [5.74, 6) is -0.219. The second kappa shape index (κ2) is 8.21. The number of hydrogen-bond donors (Lipinski definition) is 2. The fraction of sp³-hybridized carbons (Fsp3) is 0.400. The summed E-state index contributed by atoms with van der Waals surface area (Å²) >= 11 is 0. The molecule has 2 N–H and O–H groups in total. The Balaban J connectivity index is 0.00000225. The molecule has 1 aliphatic heterocycles. The molecular formula is C15H18ClF2N5O2. The number of aromatic nitrogens is 3. The maximum Gasteiger partial charge on any atom is 0.387 e. The van der Waals surface area contributed by atoms with Crippen LogP contribution in [0.25, 0.3) is 5.69 Å². The summed E-state index contributed by atoms with van der Waals surface area (Å²) in [6.45, 7) is 0.476. The molecule has 1 atom stereocenters. The van der Waals surface area contributed by atoms with Crippen molar-refractivity contribution in [1.29, 1.82) is 0 Å². The lowest BCUT2D eigenvalue weighted by atomic mass is 10.2. The van der Waals surface area contributed by atoms with E-state index >= 15 is 0 Å². The first-order valence-electron chi connectivity index (χ1n) is 7.53. The van der Waals surface area contributed by atoms with E-state index in [4.69, 9.17) is 0 Å². The van der Waals surface area contributed by atoms with Crippen molar-refractivity contribution in [2.75, 3.05) is 13.1 Å². The third-order valence-electron chi connectivity index (χ3n) is 3.81. The van der Waals surface area contributed by atoms with E-state index in [-0.39, 0.29) is 35.8 Å². The maximum atomic E-state index is 12.3. The van der Waals surface area contributed by atoms with Gasteiger partial charge in [-0.3, -0.25) is 4.79 Å². The minimum absolute atomic E-state index is 0.